The van der Waals surface area contributed by atoms with Gasteiger partial charge in [-0.05, 0) is 109 Å². The minimum absolute atomic E-state index is 0.0271. The van der Waals surface area contributed by atoms with E-state index in [4.69, 9.17) is 23.9 Å². The van der Waals surface area contributed by atoms with Gasteiger partial charge < -0.3 is 34.5 Å². The Hall–Kier alpha value is -5.52. The molecule has 1 saturated heterocycles. The third-order valence-corrected chi connectivity index (χ3v) is 14.4. The fraction of sp³-hybridized carbons (Fsp3) is 0.553. The van der Waals surface area contributed by atoms with Gasteiger partial charge in [-0.15, -0.1) is 0 Å². The number of aromatic nitrogens is 1. The van der Waals surface area contributed by atoms with Gasteiger partial charge in [-0.2, -0.15) is 0 Å². The molecule has 3 fully saturated rings. The Morgan fingerprint density at radius 3 is 2.42 bits per heavy atom. The van der Waals surface area contributed by atoms with Gasteiger partial charge in [-0.3, -0.25) is 19.1 Å². The minimum atomic E-state index is -3.98. The van der Waals surface area contributed by atoms with Crippen molar-refractivity contribution in [2.75, 3.05) is 13.7 Å². The first-order chi connectivity index (χ1) is 30.8. The largest absolute Gasteiger partial charge is 0.497 e. The van der Waals surface area contributed by atoms with Crippen molar-refractivity contribution < 1.29 is 55.3 Å². The fourth-order valence-electron chi connectivity index (χ4n) is 8.58. The number of pyridine rings is 1. The summed E-state index contributed by atoms with van der Waals surface area (Å²) in [4.78, 5) is 63.3. The maximum atomic E-state index is 15.1. The molecule has 0 bridgehead atoms. The maximum Gasteiger partial charge on any atom is 0.408 e. The van der Waals surface area contributed by atoms with E-state index in [1.165, 1.54) is 4.90 Å². The van der Waals surface area contributed by atoms with Gasteiger partial charge in [0.05, 0.1) is 36.2 Å². The van der Waals surface area contributed by atoms with E-state index < -0.39 is 86.7 Å². The summed E-state index contributed by atoms with van der Waals surface area (Å²) in [5.41, 5.74) is -1.92. The third-order valence-electron chi connectivity index (χ3n) is 12.6. The molecule has 4 aliphatic rings. The van der Waals surface area contributed by atoms with Crippen molar-refractivity contribution in [3.63, 3.8) is 0 Å². The molecule has 2 aliphatic heterocycles. The molecule has 1 aromatic heterocycles. The molecule has 3 heterocycles. The Morgan fingerprint density at radius 2 is 1.75 bits per heavy atom. The van der Waals surface area contributed by atoms with E-state index in [0.717, 1.165) is 19.4 Å². The van der Waals surface area contributed by atoms with Gasteiger partial charge in [0, 0.05) is 35.4 Å². The number of alkyl carbamates (subject to hydrolysis) is 1. The summed E-state index contributed by atoms with van der Waals surface area (Å²) < 4.78 is 79.2. The second kappa shape index (κ2) is 19.1. The molecule has 2 aliphatic carbocycles. The summed E-state index contributed by atoms with van der Waals surface area (Å²) in [6.45, 7) is 7.70. The zero-order valence-corrected chi connectivity index (χ0v) is 38.4. The molecule has 2 aromatic carbocycles. The van der Waals surface area contributed by atoms with E-state index in [-0.39, 0.29) is 25.5 Å². The summed E-state index contributed by atoms with van der Waals surface area (Å²) in [5.74, 6) is -1.62. The molecule has 15 nitrogen and oxygen atoms in total. The molecular formula is C47H59F2N5O10S. The fourth-order valence-corrected chi connectivity index (χ4v) is 9.95. The first-order valence-electron chi connectivity index (χ1n) is 22.4. The standard InChI is InChI=1S/C47H59F2N5O10S/c1-7-28-12-10-8-9-11-13-30-25-47(30,44(57)53-65(59,60)34-19-20-34)52-41(55)38-23-33(26-54(38)42(56)40(28)51-45(58)64-46(4,5)43(48)49)63-39-24-36(29-14-16-31(17-15-29)62-27(2)3)50-37-22-32(61-6)18-21-35(37)39/h11,13-18,21-22,24,27-28,30,33-34,38,40,43H,7-10,12,19-20,23,25-26H2,1-6H3,(H,51,58)(H,52,55)(H,53,57)/b13-11-/t28-,30-,33-,38+,40+,47-/m1/s1. The number of ether oxygens (including phenoxy) is 4. The first-order valence-corrected chi connectivity index (χ1v) is 23.9. The average Bonchev–Trinajstić information content (AvgIpc) is 4.18. The van der Waals surface area contributed by atoms with Crippen molar-refractivity contribution in [3.8, 4) is 28.5 Å². The Labute approximate surface area is 378 Å². The predicted octanol–water partition coefficient (Wildman–Crippen LogP) is 6.82. The van der Waals surface area contributed by atoms with E-state index >= 15 is 4.79 Å². The normalized spacial score (nSPS) is 25.7. The highest BCUT2D eigenvalue weighted by Crippen LogP contribution is 2.46. The number of hydrogen-bond acceptors (Lipinski definition) is 11. The lowest BCUT2D eigenvalue weighted by molar-refractivity contribution is -0.142. The number of methoxy groups -OCH3 is 1. The predicted molar refractivity (Wildman–Crippen MR) is 238 cm³/mol. The lowest BCUT2D eigenvalue weighted by Crippen LogP contribution is -2.59. The Balaban J connectivity index is 1.26. The molecule has 3 N–H and O–H groups in total. The van der Waals surface area contributed by atoms with Crippen LogP contribution in [0.3, 0.4) is 0 Å². The maximum absolute atomic E-state index is 15.1. The van der Waals surface area contributed by atoms with E-state index in [9.17, 15) is 31.6 Å². The molecule has 7 rings (SSSR count). The van der Waals surface area contributed by atoms with Gasteiger partial charge in [0.15, 0.2) is 5.60 Å². The quantitative estimate of drug-likeness (QED) is 0.153. The number of carbonyl (C=O) groups is 4. The zero-order chi connectivity index (χ0) is 46.8. The van der Waals surface area contributed by atoms with E-state index in [2.05, 4.69) is 15.4 Å². The number of sulfonamides is 1. The number of carbonyl (C=O) groups excluding carboxylic acids is 4. The van der Waals surface area contributed by atoms with Crippen LogP contribution in [0.25, 0.3) is 22.2 Å². The second-order valence-corrected chi connectivity index (χ2v) is 20.3. The van der Waals surface area contributed by atoms with Crippen LogP contribution in [-0.4, -0.2) is 103 Å². The van der Waals surface area contributed by atoms with Crippen LogP contribution in [0.4, 0.5) is 13.6 Å². The topological polar surface area (TPSA) is 192 Å². The number of fused-ring (bicyclic) bond motifs is 3. The van der Waals surface area contributed by atoms with Crippen LogP contribution in [0.2, 0.25) is 0 Å². The molecule has 6 atom stereocenters. The van der Waals surface area contributed by atoms with E-state index in [1.54, 1.807) is 31.4 Å². The molecule has 0 radical (unpaired) electrons. The minimum Gasteiger partial charge on any atom is -0.497 e. The van der Waals surface area contributed by atoms with Crippen molar-refractivity contribution >= 4 is 44.7 Å². The average molecular weight is 924 g/mol. The molecule has 0 unspecified atom stereocenters. The highest BCUT2D eigenvalue weighted by Gasteiger charge is 2.62. The van der Waals surface area contributed by atoms with Crippen LogP contribution in [0.5, 0.6) is 17.2 Å². The molecule has 352 valence electrons. The number of halogens is 2. The van der Waals surface area contributed by atoms with Gasteiger partial charge in [-0.25, -0.2) is 27.0 Å². The van der Waals surface area contributed by atoms with Crippen LogP contribution in [-0.2, 0) is 29.1 Å². The van der Waals surface area contributed by atoms with E-state index in [0.29, 0.717) is 78.8 Å². The van der Waals surface area contributed by atoms with Gasteiger partial charge in [-0.1, -0.05) is 31.9 Å². The number of nitrogens with one attached hydrogen (secondary N) is 3. The van der Waals surface area contributed by atoms with Crippen LogP contribution in [0, 0.1) is 11.8 Å². The molecule has 65 heavy (non-hydrogen) atoms. The third kappa shape index (κ3) is 10.8. The summed E-state index contributed by atoms with van der Waals surface area (Å²) in [6.07, 6.45) is 2.32. The number of nitrogens with zero attached hydrogens (tertiary/aromatic N) is 2. The first kappa shape index (κ1) is 47.4. The van der Waals surface area contributed by atoms with Gasteiger partial charge >= 0.3 is 6.09 Å². The van der Waals surface area contributed by atoms with Gasteiger partial charge in [0.1, 0.15) is 41.0 Å². The van der Waals surface area contributed by atoms with Crippen LogP contribution >= 0.6 is 0 Å². The molecule has 0 spiro atoms. The highest BCUT2D eigenvalue weighted by molar-refractivity contribution is 7.91. The van der Waals surface area contributed by atoms with Crippen molar-refractivity contribution in [2.45, 2.75) is 140 Å². The van der Waals surface area contributed by atoms with E-state index in [1.807, 2.05) is 57.2 Å². The van der Waals surface area contributed by atoms with Gasteiger partial charge in [0.25, 0.3) is 12.3 Å². The number of amides is 4. The molecular weight excluding hydrogens is 865 g/mol. The van der Waals surface area contributed by atoms with Crippen LogP contribution in [0.15, 0.2) is 60.7 Å². The summed E-state index contributed by atoms with van der Waals surface area (Å²) in [5, 5.41) is 5.38. The number of hydrogen-bond donors (Lipinski definition) is 3. The number of allylic oxidation sites excluding steroid dienone is 1. The summed E-state index contributed by atoms with van der Waals surface area (Å²) in [6, 6.07) is 11.9. The Bertz CT molecular complexity index is 2410. The van der Waals surface area contributed by atoms with Crippen LogP contribution < -0.4 is 29.6 Å². The SMILES string of the molecule is CC[C@@H]1CCCC/C=C\[C@@H]2C[C@@]2(C(=O)NS(=O)(=O)C2CC2)NC(=O)[C@@H]2C[C@@H](Oc3cc(-c4ccc(OC(C)C)cc4)nc4cc(OC)ccc34)CN2C(=O)[C@H]1NC(=O)OC(C)(C)C(F)F. The Kier molecular flexibility index (Phi) is 14.0. The summed E-state index contributed by atoms with van der Waals surface area (Å²) in [7, 11) is -2.43. The number of benzene rings is 2. The second-order valence-electron chi connectivity index (χ2n) is 18.3. The highest BCUT2D eigenvalue weighted by atomic mass is 32.2. The van der Waals surface area contributed by atoms with Crippen molar-refractivity contribution in [1.29, 1.82) is 0 Å². The smallest absolute Gasteiger partial charge is 0.408 e. The van der Waals surface area contributed by atoms with Crippen molar-refractivity contribution in [1.82, 2.24) is 25.2 Å². The van der Waals surface area contributed by atoms with Crippen molar-refractivity contribution in [2.24, 2.45) is 11.8 Å². The zero-order valence-electron chi connectivity index (χ0n) is 37.6. The van der Waals surface area contributed by atoms with Crippen LogP contribution in [0.1, 0.15) is 92.4 Å². The molecule has 3 aromatic rings. The monoisotopic (exact) mass is 923 g/mol. The Morgan fingerprint density at radius 1 is 1.03 bits per heavy atom. The number of alkyl halides is 2. The lowest BCUT2D eigenvalue weighted by atomic mass is 9.89. The summed E-state index contributed by atoms with van der Waals surface area (Å²) >= 11 is 0. The lowest BCUT2D eigenvalue weighted by Gasteiger charge is -2.34. The molecule has 18 heteroatoms. The molecule has 2 saturated carbocycles. The molecule has 4 amide bonds. The van der Waals surface area contributed by atoms with Crippen molar-refractivity contribution in [3.05, 3.63) is 60.7 Å². The van der Waals surface area contributed by atoms with Gasteiger partial charge in [0.2, 0.25) is 21.8 Å². The number of rotatable bonds is 13.